The average Bonchev–Trinajstić information content (AvgIpc) is 2.72. The summed E-state index contributed by atoms with van der Waals surface area (Å²) in [7, 11) is 3.66. The van der Waals surface area contributed by atoms with Crippen LogP contribution in [0.1, 0.15) is 19.3 Å². The molecule has 1 aromatic carbocycles. The fraction of sp³-hybridized carbons (Fsp3) is 0.562. The molecule has 20 heavy (non-hydrogen) atoms. The van der Waals surface area contributed by atoms with E-state index in [2.05, 4.69) is 36.2 Å². The van der Waals surface area contributed by atoms with Crippen LogP contribution in [0.15, 0.2) is 35.2 Å². The van der Waals surface area contributed by atoms with E-state index in [1.165, 1.54) is 18.4 Å². The van der Waals surface area contributed by atoms with E-state index in [-0.39, 0.29) is 11.9 Å². The predicted molar refractivity (Wildman–Crippen MR) is 80.8 cm³/mol. The molecule has 4 heteroatoms. The van der Waals surface area contributed by atoms with Gasteiger partial charge in [0.15, 0.2) is 0 Å². The molecule has 0 saturated carbocycles. The summed E-state index contributed by atoms with van der Waals surface area (Å²) in [6.07, 6.45) is 3.40. The molecule has 0 unspecified atom stereocenters. The Kier molecular flexibility index (Phi) is 4.03. The Morgan fingerprint density at radius 3 is 2.75 bits per heavy atom. The van der Waals surface area contributed by atoms with Crippen molar-refractivity contribution in [3.05, 3.63) is 30.3 Å². The van der Waals surface area contributed by atoms with Gasteiger partial charge in [0.2, 0.25) is 0 Å². The Labute approximate surface area is 124 Å². The number of piperidine rings is 1. The van der Waals surface area contributed by atoms with Crippen molar-refractivity contribution >= 4 is 17.7 Å². The summed E-state index contributed by atoms with van der Waals surface area (Å²) in [6, 6.07) is 11.4. The first-order valence-corrected chi connectivity index (χ1v) is 8.10. The normalized spacial score (nSPS) is 33.1. The zero-order valence-corrected chi connectivity index (χ0v) is 12.8. The molecule has 2 aliphatic heterocycles. The Hall–Kier alpha value is -1.00. The number of thioether (sulfide) groups is 1. The van der Waals surface area contributed by atoms with E-state index in [4.69, 9.17) is 4.74 Å². The standard InChI is InChI=1S/C16H21NO2S/c1-17-11-8-9-13(17)15(16(18)19-2)14(10-11)20-12-6-4-3-5-7-12/h3-7,11,13-15H,8-10H2,1-2H3/t11-,13+,14+,15-/m0/s1. The van der Waals surface area contributed by atoms with E-state index >= 15 is 0 Å². The maximum Gasteiger partial charge on any atom is 0.311 e. The first-order chi connectivity index (χ1) is 9.70. The number of esters is 1. The van der Waals surface area contributed by atoms with Crippen LogP contribution < -0.4 is 0 Å². The lowest BCUT2D eigenvalue weighted by Crippen LogP contribution is -2.51. The van der Waals surface area contributed by atoms with Crippen molar-refractivity contribution in [1.82, 2.24) is 4.90 Å². The first kappa shape index (κ1) is 14.0. The second kappa shape index (κ2) is 5.78. The molecule has 0 aromatic heterocycles. The van der Waals surface area contributed by atoms with E-state index in [9.17, 15) is 4.79 Å². The van der Waals surface area contributed by atoms with Gasteiger partial charge in [-0.05, 0) is 38.4 Å². The van der Waals surface area contributed by atoms with Crippen molar-refractivity contribution < 1.29 is 9.53 Å². The smallest absolute Gasteiger partial charge is 0.311 e. The summed E-state index contributed by atoms with van der Waals surface area (Å²) in [6.45, 7) is 0. The second-order valence-corrected chi connectivity index (χ2v) is 7.03. The predicted octanol–water partition coefficient (Wildman–Crippen LogP) is 2.80. The second-order valence-electron chi connectivity index (χ2n) is 5.72. The third-order valence-electron chi connectivity index (χ3n) is 4.72. The maximum atomic E-state index is 12.2. The number of carbonyl (C=O) groups is 1. The highest BCUT2D eigenvalue weighted by atomic mass is 32.2. The van der Waals surface area contributed by atoms with Crippen LogP contribution in [-0.2, 0) is 9.53 Å². The number of hydrogen-bond donors (Lipinski definition) is 0. The molecular weight excluding hydrogens is 270 g/mol. The molecule has 1 aromatic rings. The van der Waals surface area contributed by atoms with E-state index < -0.39 is 0 Å². The monoisotopic (exact) mass is 291 g/mol. The van der Waals surface area contributed by atoms with Gasteiger partial charge in [0, 0.05) is 22.2 Å². The van der Waals surface area contributed by atoms with Gasteiger partial charge in [-0.25, -0.2) is 0 Å². The van der Waals surface area contributed by atoms with Crippen molar-refractivity contribution in [3.8, 4) is 0 Å². The van der Waals surface area contributed by atoms with Crippen molar-refractivity contribution in [1.29, 1.82) is 0 Å². The van der Waals surface area contributed by atoms with Crippen LogP contribution in [0.4, 0.5) is 0 Å². The number of nitrogens with zero attached hydrogens (tertiary/aromatic N) is 1. The molecule has 0 amide bonds. The van der Waals surface area contributed by atoms with Gasteiger partial charge >= 0.3 is 5.97 Å². The van der Waals surface area contributed by atoms with Gasteiger partial charge in [-0.2, -0.15) is 0 Å². The zero-order chi connectivity index (χ0) is 14.1. The number of benzene rings is 1. The molecule has 2 saturated heterocycles. The third kappa shape index (κ3) is 2.47. The summed E-state index contributed by atoms with van der Waals surface area (Å²) in [5.74, 6) is -0.0513. The summed E-state index contributed by atoms with van der Waals surface area (Å²) in [5, 5.41) is 0.332. The molecule has 3 nitrogen and oxygen atoms in total. The molecule has 0 spiro atoms. The van der Waals surface area contributed by atoms with Gasteiger partial charge in [0.1, 0.15) is 0 Å². The van der Waals surface area contributed by atoms with Crippen LogP contribution in [0.25, 0.3) is 0 Å². The lowest BCUT2D eigenvalue weighted by molar-refractivity contribution is -0.148. The molecule has 2 bridgehead atoms. The van der Waals surface area contributed by atoms with Crippen LogP contribution in [0.5, 0.6) is 0 Å². The minimum absolute atomic E-state index is 0.00560. The minimum Gasteiger partial charge on any atom is -0.469 e. The maximum absolute atomic E-state index is 12.2. The number of carbonyl (C=O) groups excluding carboxylic acids is 1. The SMILES string of the molecule is COC(=O)[C@H]1[C@H]2CC[C@@H](C[C@H]1Sc1ccccc1)N2C. The molecule has 108 valence electrons. The molecule has 0 radical (unpaired) electrons. The lowest BCUT2D eigenvalue weighted by atomic mass is 9.90. The Morgan fingerprint density at radius 2 is 2.05 bits per heavy atom. The highest BCUT2D eigenvalue weighted by Crippen LogP contribution is 2.45. The molecular formula is C16H21NO2S. The van der Waals surface area contributed by atoms with Crippen LogP contribution in [-0.4, -0.2) is 42.4 Å². The molecule has 2 fully saturated rings. The van der Waals surface area contributed by atoms with Crippen LogP contribution >= 0.6 is 11.8 Å². The fourth-order valence-corrected chi connectivity index (χ4v) is 5.08. The topological polar surface area (TPSA) is 29.5 Å². The number of fused-ring (bicyclic) bond motifs is 2. The molecule has 2 aliphatic rings. The summed E-state index contributed by atoms with van der Waals surface area (Å²) in [5.41, 5.74) is 0. The van der Waals surface area contributed by atoms with E-state index in [1.54, 1.807) is 0 Å². The Morgan fingerprint density at radius 1 is 1.30 bits per heavy atom. The van der Waals surface area contributed by atoms with Gasteiger partial charge < -0.3 is 4.74 Å². The van der Waals surface area contributed by atoms with E-state index in [1.807, 2.05) is 17.8 Å². The number of rotatable bonds is 3. The van der Waals surface area contributed by atoms with Gasteiger partial charge in [-0.15, -0.1) is 11.8 Å². The van der Waals surface area contributed by atoms with Crippen molar-refractivity contribution in [3.63, 3.8) is 0 Å². The number of methoxy groups -OCH3 is 1. The summed E-state index contributed by atoms with van der Waals surface area (Å²) < 4.78 is 5.08. The van der Waals surface area contributed by atoms with E-state index in [0.29, 0.717) is 17.3 Å². The summed E-state index contributed by atoms with van der Waals surface area (Å²) in [4.78, 5) is 15.9. The van der Waals surface area contributed by atoms with Gasteiger partial charge in [-0.1, -0.05) is 18.2 Å². The highest BCUT2D eigenvalue weighted by molar-refractivity contribution is 8.00. The van der Waals surface area contributed by atoms with Crippen LogP contribution in [0, 0.1) is 5.92 Å². The number of ether oxygens (including phenoxy) is 1. The first-order valence-electron chi connectivity index (χ1n) is 7.22. The van der Waals surface area contributed by atoms with Gasteiger partial charge in [-0.3, -0.25) is 9.69 Å². The lowest BCUT2D eigenvalue weighted by Gasteiger charge is -2.41. The molecule has 3 rings (SSSR count). The Balaban J connectivity index is 1.82. The number of hydrogen-bond acceptors (Lipinski definition) is 4. The van der Waals surface area contributed by atoms with Crippen LogP contribution in [0.3, 0.4) is 0 Å². The average molecular weight is 291 g/mol. The fourth-order valence-electron chi connectivity index (χ4n) is 3.66. The molecule has 4 atom stereocenters. The van der Waals surface area contributed by atoms with Crippen molar-refractivity contribution in [2.75, 3.05) is 14.2 Å². The van der Waals surface area contributed by atoms with Crippen molar-refractivity contribution in [2.24, 2.45) is 5.92 Å². The third-order valence-corrected chi connectivity index (χ3v) is 6.05. The van der Waals surface area contributed by atoms with Gasteiger partial charge in [0.25, 0.3) is 0 Å². The Bertz CT molecular complexity index is 479. The zero-order valence-electron chi connectivity index (χ0n) is 12.0. The molecule has 0 aliphatic carbocycles. The van der Waals surface area contributed by atoms with E-state index in [0.717, 1.165) is 12.8 Å². The van der Waals surface area contributed by atoms with Crippen LogP contribution in [0.2, 0.25) is 0 Å². The molecule has 0 N–H and O–H groups in total. The minimum atomic E-state index is -0.0457. The molecule has 2 heterocycles. The highest BCUT2D eigenvalue weighted by Gasteiger charge is 2.49. The van der Waals surface area contributed by atoms with Crippen molar-refractivity contribution in [2.45, 2.75) is 41.5 Å². The quantitative estimate of drug-likeness (QED) is 0.801. The largest absolute Gasteiger partial charge is 0.469 e. The van der Waals surface area contributed by atoms with Gasteiger partial charge in [0.05, 0.1) is 13.0 Å². The summed E-state index contributed by atoms with van der Waals surface area (Å²) >= 11 is 1.84.